The van der Waals surface area contributed by atoms with Gasteiger partial charge in [0.25, 0.3) is 0 Å². The monoisotopic (exact) mass is 282 g/mol. The lowest BCUT2D eigenvalue weighted by molar-refractivity contribution is 0.237. The molecule has 4 heteroatoms. The summed E-state index contributed by atoms with van der Waals surface area (Å²) in [4.78, 5) is 12.3. The molecule has 1 aliphatic carbocycles. The summed E-state index contributed by atoms with van der Waals surface area (Å²) in [5.41, 5.74) is 0.340. The summed E-state index contributed by atoms with van der Waals surface area (Å²) in [5, 5.41) is 0. The van der Waals surface area contributed by atoms with Crippen molar-refractivity contribution >= 4 is 12.6 Å². The summed E-state index contributed by atoms with van der Waals surface area (Å²) in [5.74, 6) is 0.881. The average Bonchev–Trinajstić information content (AvgIpc) is 2.62. The second kappa shape index (κ2) is 6.21. The minimum atomic E-state index is 0.125. The van der Waals surface area contributed by atoms with Crippen molar-refractivity contribution in [1.29, 1.82) is 0 Å². The Morgan fingerprint density at radius 1 is 1.21 bits per heavy atom. The normalized spacial score (nSPS) is 19.6. The summed E-state index contributed by atoms with van der Waals surface area (Å²) in [6, 6.07) is 0.231. The first-order valence-corrected chi connectivity index (χ1v) is 8.09. The number of hydrogen-bond donors (Lipinski definition) is 1. The topological polar surface area (TPSA) is 26.9 Å². The molecule has 0 atom stereocenters. The van der Waals surface area contributed by atoms with E-state index in [1.165, 1.54) is 38.5 Å². The van der Waals surface area contributed by atoms with E-state index in [2.05, 4.69) is 12.6 Å². The van der Waals surface area contributed by atoms with Gasteiger partial charge in [-0.05, 0) is 37.9 Å². The minimum Gasteiger partial charge on any atom is -0.299 e. The van der Waals surface area contributed by atoms with Gasteiger partial charge in [0.05, 0.1) is 0 Å². The summed E-state index contributed by atoms with van der Waals surface area (Å²) in [6.45, 7) is 4.92. The number of thiol groups is 1. The smallest absolute Gasteiger partial charge is 0.299 e. The summed E-state index contributed by atoms with van der Waals surface area (Å²) in [7, 11) is 0. The van der Waals surface area contributed by atoms with Crippen LogP contribution in [-0.4, -0.2) is 14.9 Å². The maximum absolute atomic E-state index is 12.3. The Bertz CT molecular complexity index is 453. The molecule has 0 aliphatic heterocycles. The Kier molecular flexibility index (Phi) is 4.82. The summed E-state index contributed by atoms with van der Waals surface area (Å²) >= 11 is 4.59. The quantitative estimate of drug-likeness (QED) is 0.664. The second-order valence-corrected chi connectivity index (χ2v) is 6.60. The molecule has 1 aromatic heterocycles. The lowest BCUT2D eigenvalue weighted by atomic mass is 9.82. The maximum Gasteiger partial charge on any atom is 0.328 e. The molecular weight excluding hydrogens is 256 g/mol. The molecule has 19 heavy (non-hydrogen) atoms. The third-order valence-electron chi connectivity index (χ3n) is 4.44. The van der Waals surface area contributed by atoms with Crippen LogP contribution in [0.3, 0.4) is 0 Å². The Morgan fingerprint density at radius 2 is 1.84 bits per heavy atom. The van der Waals surface area contributed by atoms with E-state index < -0.39 is 0 Å². The standard InChI is InChI=1S/C15H26N2OS/c1-13(2)17-10-9-16(14(17)18)11-15(12-19)7-5-3-4-6-8-15/h9-10,13,19H,3-8,11-12H2,1-2H3. The van der Waals surface area contributed by atoms with Crippen LogP contribution in [-0.2, 0) is 6.54 Å². The molecular formula is C15H26N2OS. The van der Waals surface area contributed by atoms with Gasteiger partial charge in [0.1, 0.15) is 0 Å². The fourth-order valence-corrected chi connectivity index (χ4v) is 3.56. The van der Waals surface area contributed by atoms with Gasteiger partial charge >= 0.3 is 5.69 Å². The number of nitrogens with zero attached hydrogens (tertiary/aromatic N) is 2. The van der Waals surface area contributed by atoms with Crippen molar-refractivity contribution in [3.05, 3.63) is 22.9 Å². The number of rotatable bonds is 4. The van der Waals surface area contributed by atoms with Gasteiger partial charge in [0, 0.05) is 25.0 Å². The molecule has 1 fully saturated rings. The zero-order valence-electron chi connectivity index (χ0n) is 12.1. The molecule has 1 aliphatic rings. The molecule has 1 saturated carbocycles. The Morgan fingerprint density at radius 3 is 2.32 bits per heavy atom. The van der Waals surface area contributed by atoms with Crippen molar-refractivity contribution < 1.29 is 0 Å². The lowest BCUT2D eigenvalue weighted by Crippen LogP contribution is -2.34. The summed E-state index contributed by atoms with van der Waals surface area (Å²) < 4.78 is 3.70. The van der Waals surface area contributed by atoms with Crippen molar-refractivity contribution in [3.63, 3.8) is 0 Å². The van der Waals surface area contributed by atoms with E-state index >= 15 is 0 Å². The first-order valence-electron chi connectivity index (χ1n) is 7.46. The van der Waals surface area contributed by atoms with Crippen LogP contribution in [0.4, 0.5) is 0 Å². The molecule has 0 aromatic carbocycles. The Hall–Kier alpha value is -0.640. The van der Waals surface area contributed by atoms with Crippen LogP contribution in [0.1, 0.15) is 58.4 Å². The number of aromatic nitrogens is 2. The van der Waals surface area contributed by atoms with Crippen LogP contribution in [0, 0.1) is 5.41 Å². The van der Waals surface area contributed by atoms with Crippen molar-refractivity contribution in [2.45, 2.75) is 65.0 Å². The van der Waals surface area contributed by atoms with Crippen LogP contribution >= 0.6 is 12.6 Å². The maximum atomic E-state index is 12.3. The third kappa shape index (κ3) is 3.28. The lowest BCUT2D eigenvalue weighted by Gasteiger charge is -2.31. The predicted octanol–water partition coefficient (Wildman–Crippen LogP) is 3.50. The summed E-state index contributed by atoms with van der Waals surface area (Å²) in [6.07, 6.45) is 11.5. The third-order valence-corrected chi connectivity index (χ3v) is 5.11. The number of imidazole rings is 1. The second-order valence-electron chi connectivity index (χ2n) is 6.28. The Balaban J connectivity index is 2.20. The molecule has 0 bridgehead atoms. The van der Waals surface area contributed by atoms with Crippen LogP contribution in [0.15, 0.2) is 17.2 Å². The van der Waals surface area contributed by atoms with E-state index in [1.807, 2.05) is 35.4 Å². The van der Waals surface area contributed by atoms with Gasteiger partial charge in [-0.25, -0.2) is 4.79 Å². The zero-order valence-corrected chi connectivity index (χ0v) is 13.0. The van der Waals surface area contributed by atoms with E-state index in [4.69, 9.17) is 0 Å². The largest absolute Gasteiger partial charge is 0.328 e. The molecule has 0 N–H and O–H groups in total. The molecule has 108 valence electrons. The van der Waals surface area contributed by atoms with Crippen LogP contribution in [0.5, 0.6) is 0 Å². The van der Waals surface area contributed by atoms with Crippen molar-refractivity contribution in [3.8, 4) is 0 Å². The molecule has 0 saturated heterocycles. The van der Waals surface area contributed by atoms with Gasteiger partial charge in [-0.2, -0.15) is 12.6 Å². The van der Waals surface area contributed by atoms with Gasteiger partial charge in [-0.15, -0.1) is 0 Å². The van der Waals surface area contributed by atoms with Crippen molar-refractivity contribution in [2.75, 3.05) is 5.75 Å². The molecule has 1 aromatic rings. The Labute approximate surface area is 121 Å². The molecule has 2 rings (SSSR count). The molecule has 1 heterocycles. The fourth-order valence-electron chi connectivity index (χ4n) is 3.15. The SMILES string of the molecule is CC(C)n1ccn(CC2(CS)CCCCCC2)c1=O. The first kappa shape index (κ1) is 14.8. The van der Waals surface area contributed by atoms with E-state index in [0.717, 1.165) is 12.3 Å². The van der Waals surface area contributed by atoms with Crippen LogP contribution in [0.2, 0.25) is 0 Å². The molecule has 3 nitrogen and oxygen atoms in total. The fraction of sp³-hybridized carbons (Fsp3) is 0.800. The van der Waals surface area contributed by atoms with Gasteiger partial charge < -0.3 is 0 Å². The highest BCUT2D eigenvalue weighted by molar-refractivity contribution is 7.80. The van der Waals surface area contributed by atoms with Gasteiger partial charge in [0.15, 0.2) is 0 Å². The van der Waals surface area contributed by atoms with E-state index in [-0.39, 0.29) is 17.1 Å². The molecule has 0 radical (unpaired) electrons. The highest BCUT2D eigenvalue weighted by Gasteiger charge is 2.30. The van der Waals surface area contributed by atoms with Gasteiger partial charge in [-0.1, -0.05) is 25.7 Å². The van der Waals surface area contributed by atoms with Gasteiger partial charge in [-0.3, -0.25) is 9.13 Å². The molecule has 0 unspecified atom stereocenters. The predicted molar refractivity (Wildman–Crippen MR) is 83.1 cm³/mol. The van der Waals surface area contributed by atoms with Crippen LogP contribution < -0.4 is 5.69 Å². The van der Waals surface area contributed by atoms with E-state index in [1.54, 1.807) is 0 Å². The van der Waals surface area contributed by atoms with Crippen LogP contribution in [0.25, 0.3) is 0 Å². The highest BCUT2D eigenvalue weighted by Crippen LogP contribution is 2.37. The van der Waals surface area contributed by atoms with Crippen molar-refractivity contribution in [1.82, 2.24) is 9.13 Å². The highest BCUT2D eigenvalue weighted by atomic mass is 32.1. The minimum absolute atomic E-state index is 0.125. The van der Waals surface area contributed by atoms with Gasteiger partial charge in [0.2, 0.25) is 0 Å². The first-order chi connectivity index (χ1) is 9.08. The number of hydrogen-bond acceptors (Lipinski definition) is 2. The van der Waals surface area contributed by atoms with Crippen molar-refractivity contribution in [2.24, 2.45) is 5.41 Å². The average molecular weight is 282 g/mol. The van der Waals surface area contributed by atoms with E-state index in [9.17, 15) is 4.79 Å². The molecule has 0 amide bonds. The van der Waals surface area contributed by atoms with E-state index in [0.29, 0.717) is 0 Å². The zero-order chi connectivity index (χ0) is 13.9. The molecule has 0 spiro atoms.